The fourth-order valence-electron chi connectivity index (χ4n) is 4.61. The van der Waals surface area contributed by atoms with Gasteiger partial charge in [-0.2, -0.15) is 5.10 Å². The van der Waals surface area contributed by atoms with Gasteiger partial charge in [-0.1, -0.05) is 31.2 Å². The van der Waals surface area contributed by atoms with Crippen molar-refractivity contribution in [1.29, 1.82) is 0 Å². The van der Waals surface area contributed by atoms with Gasteiger partial charge in [0.05, 0.1) is 24.0 Å². The number of carbonyl (C=O) groups is 1. The summed E-state index contributed by atoms with van der Waals surface area (Å²) in [7, 11) is 1.63. The van der Waals surface area contributed by atoms with Crippen LogP contribution in [0.1, 0.15) is 29.7 Å². The Labute approximate surface area is 204 Å². The van der Waals surface area contributed by atoms with Gasteiger partial charge in [-0.3, -0.25) is 10.2 Å². The predicted molar refractivity (Wildman–Crippen MR) is 131 cm³/mol. The van der Waals surface area contributed by atoms with Gasteiger partial charge >= 0.3 is 6.03 Å². The van der Waals surface area contributed by atoms with Gasteiger partial charge in [-0.25, -0.2) is 18.3 Å². The second-order valence-electron chi connectivity index (χ2n) is 8.76. The van der Waals surface area contributed by atoms with Crippen LogP contribution in [0.15, 0.2) is 48.5 Å². The zero-order valence-corrected chi connectivity index (χ0v) is 20.2. The Bertz CT molecular complexity index is 1170. The molecular weight excluding hydrogens is 452 g/mol. The number of methoxy groups -OCH3 is 1. The lowest BCUT2D eigenvalue weighted by atomic mass is 9.94. The summed E-state index contributed by atoms with van der Waals surface area (Å²) in [6.07, 6.45) is 0.733. The maximum absolute atomic E-state index is 14.0. The molecule has 1 saturated heterocycles. The van der Waals surface area contributed by atoms with Crippen LogP contribution in [0.5, 0.6) is 0 Å². The molecule has 1 aliphatic heterocycles. The molecule has 35 heavy (non-hydrogen) atoms. The zero-order chi connectivity index (χ0) is 24.9. The number of nitrogens with zero attached hydrogens (tertiary/aromatic N) is 3. The average molecular weight is 484 g/mol. The summed E-state index contributed by atoms with van der Waals surface area (Å²) in [4.78, 5) is 15.3. The largest absolute Gasteiger partial charge is 0.383 e. The van der Waals surface area contributed by atoms with Crippen LogP contribution in [-0.2, 0) is 11.2 Å². The van der Waals surface area contributed by atoms with E-state index in [0.717, 1.165) is 29.4 Å². The molecule has 3 aromatic rings. The Kier molecular flexibility index (Phi) is 7.77. The molecule has 9 heteroatoms. The molecule has 7 nitrogen and oxygen atoms in total. The van der Waals surface area contributed by atoms with E-state index >= 15 is 0 Å². The van der Waals surface area contributed by atoms with E-state index in [2.05, 4.69) is 20.6 Å². The Balaban J connectivity index is 1.56. The predicted octanol–water partition coefficient (Wildman–Crippen LogP) is 4.26. The van der Waals surface area contributed by atoms with Crippen LogP contribution < -0.4 is 10.6 Å². The van der Waals surface area contributed by atoms with Crippen molar-refractivity contribution >= 4 is 11.8 Å². The lowest BCUT2D eigenvalue weighted by Crippen LogP contribution is -2.42. The van der Waals surface area contributed by atoms with Gasteiger partial charge < -0.3 is 10.1 Å². The quantitative estimate of drug-likeness (QED) is 0.502. The number of benzene rings is 2. The number of halogens is 2. The molecule has 2 unspecified atom stereocenters. The number of nitrogens with one attached hydrogen (secondary N) is 2. The number of carbonyl (C=O) groups excluding carboxylic acids is 1. The zero-order valence-electron chi connectivity index (χ0n) is 20.2. The van der Waals surface area contributed by atoms with Crippen molar-refractivity contribution in [3.63, 3.8) is 0 Å². The number of urea groups is 1. The van der Waals surface area contributed by atoms with Crippen molar-refractivity contribution in [2.24, 2.45) is 0 Å². The van der Waals surface area contributed by atoms with Crippen LogP contribution in [-0.4, -0.2) is 60.1 Å². The first kappa shape index (κ1) is 24.8. The summed E-state index contributed by atoms with van der Waals surface area (Å²) >= 11 is 0. The third kappa shape index (κ3) is 5.52. The number of aromatic nitrogens is 2. The molecule has 4 rings (SSSR count). The van der Waals surface area contributed by atoms with Crippen molar-refractivity contribution in [2.75, 3.05) is 38.7 Å². The minimum atomic E-state index is -0.893. The summed E-state index contributed by atoms with van der Waals surface area (Å²) in [5.74, 6) is -1.37. The normalized spacial score (nSPS) is 18.1. The number of para-hydroxylation sites is 1. The lowest BCUT2D eigenvalue weighted by Gasteiger charge is -2.21. The molecule has 186 valence electrons. The van der Waals surface area contributed by atoms with Crippen molar-refractivity contribution in [2.45, 2.75) is 32.2 Å². The maximum Gasteiger partial charge on any atom is 0.320 e. The Morgan fingerprint density at radius 2 is 1.91 bits per heavy atom. The van der Waals surface area contributed by atoms with E-state index in [1.807, 2.05) is 44.2 Å². The minimum Gasteiger partial charge on any atom is -0.383 e. The number of aryl methyl sites for hydroxylation is 1. The van der Waals surface area contributed by atoms with Crippen LogP contribution in [0.2, 0.25) is 0 Å². The topological polar surface area (TPSA) is 71.4 Å². The summed E-state index contributed by atoms with van der Waals surface area (Å²) < 4.78 is 34.4. The average Bonchev–Trinajstić information content (AvgIpc) is 3.40. The van der Waals surface area contributed by atoms with Gasteiger partial charge in [0.15, 0.2) is 11.6 Å². The van der Waals surface area contributed by atoms with Crippen LogP contribution in [0.3, 0.4) is 0 Å². The van der Waals surface area contributed by atoms with Gasteiger partial charge in [0, 0.05) is 38.2 Å². The van der Waals surface area contributed by atoms with Crippen molar-refractivity contribution in [3.8, 4) is 5.69 Å². The van der Waals surface area contributed by atoms with Crippen molar-refractivity contribution in [1.82, 2.24) is 20.0 Å². The van der Waals surface area contributed by atoms with E-state index in [-0.39, 0.29) is 18.0 Å². The Hall–Kier alpha value is -3.30. The van der Waals surface area contributed by atoms with Gasteiger partial charge in [-0.15, -0.1) is 0 Å². The first-order valence-corrected chi connectivity index (χ1v) is 11.8. The second-order valence-corrected chi connectivity index (χ2v) is 8.76. The molecule has 0 aliphatic carbocycles. The highest BCUT2D eigenvalue weighted by molar-refractivity contribution is 5.90. The summed E-state index contributed by atoms with van der Waals surface area (Å²) in [6, 6.07) is 12.9. The molecule has 0 saturated carbocycles. The molecule has 2 N–H and O–H groups in total. The maximum atomic E-state index is 14.0. The van der Waals surface area contributed by atoms with Crippen LogP contribution in [0.4, 0.5) is 19.4 Å². The molecule has 0 spiro atoms. The molecule has 0 bridgehead atoms. The van der Waals surface area contributed by atoms with Crippen molar-refractivity contribution in [3.05, 3.63) is 77.0 Å². The number of likely N-dealkylation sites (tertiary alicyclic amines) is 1. The lowest BCUT2D eigenvalue weighted by molar-refractivity contribution is 0.159. The molecule has 1 fully saturated rings. The monoisotopic (exact) mass is 483 g/mol. The van der Waals surface area contributed by atoms with E-state index in [9.17, 15) is 13.6 Å². The molecule has 1 aromatic heterocycles. The minimum absolute atomic E-state index is 0.195. The van der Waals surface area contributed by atoms with Gasteiger partial charge in [0.1, 0.15) is 5.82 Å². The SMILES string of the molecule is CCc1nn(-c2ccccc2)c(NC(=O)NC2CN(CCOC)CC2c2ccc(F)c(F)c2)c1C. The van der Waals surface area contributed by atoms with E-state index in [1.54, 1.807) is 17.9 Å². The van der Waals surface area contributed by atoms with E-state index < -0.39 is 11.6 Å². The fraction of sp³-hybridized carbons (Fsp3) is 0.385. The third-order valence-corrected chi connectivity index (χ3v) is 6.48. The number of ether oxygens (including phenoxy) is 1. The molecule has 0 radical (unpaired) electrons. The Morgan fingerprint density at radius 3 is 2.60 bits per heavy atom. The first-order chi connectivity index (χ1) is 16.9. The smallest absolute Gasteiger partial charge is 0.320 e. The Morgan fingerprint density at radius 1 is 1.14 bits per heavy atom. The first-order valence-electron chi connectivity index (χ1n) is 11.8. The highest BCUT2D eigenvalue weighted by Gasteiger charge is 2.35. The van der Waals surface area contributed by atoms with Gasteiger partial charge in [-0.05, 0) is 43.2 Å². The standard InChI is InChI=1S/C26H31F2N5O2/c1-4-23-17(2)25(33(31-23)19-8-6-5-7-9-19)30-26(34)29-24-16-32(12-13-35-3)15-20(24)18-10-11-21(27)22(28)14-18/h5-11,14,20,24H,4,12-13,15-16H2,1-3H3,(H2,29,30,34). The second kappa shape index (κ2) is 11.0. The van der Waals surface area contributed by atoms with Gasteiger partial charge in [0.2, 0.25) is 0 Å². The fourth-order valence-corrected chi connectivity index (χ4v) is 4.61. The van der Waals surface area contributed by atoms with E-state index in [0.29, 0.717) is 37.6 Å². The van der Waals surface area contributed by atoms with E-state index in [1.165, 1.54) is 6.07 Å². The van der Waals surface area contributed by atoms with Crippen LogP contribution in [0, 0.1) is 18.6 Å². The molecule has 2 atom stereocenters. The van der Waals surface area contributed by atoms with Crippen molar-refractivity contribution < 1.29 is 18.3 Å². The number of hydrogen-bond acceptors (Lipinski definition) is 4. The molecule has 2 amide bonds. The van der Waals surface area contributed by atoms with Crippen LogP contribution in [0.25, 0.3) is 5.69 Å². The highest BCUT2D eigenvalue weighted by Crippen LogP contribution is 2.29. The number of anilines is 1. The number of amides is 2. The summed E-state index contributed by atoms with van der Waals surface area (Å²) in [5.41, 5.74) is 3.29. The highest BCUT2D eigenvalue weighted by atomic mass is 19.2. The van der Waals surface area contributed by atoms with E-state index in [4.69, 9.17) is 4.74 Å². The molecule has 1 aliphatic rings. The summed E-state index contributed by atoms with van der Waals surface area (Å²) in [6.45, 7) is 6.34. The van der Waals surface area contributed by atoms with Crippen LogP contribution >= 0.6 is 0 Å². The molecular formula is C26H31F2N5O2. The number of rotatable bonds is 8. The molecule has 2 aromatic carbocycles. The summed E-state index contributed by atoms with van der Waals surface area (Å²) in [5, 5.41) is 10.7. The number of hydrogen-bond donors (Lipinski definition) is 2. The van der Waals surface area contributed by atoms with Gasteiger partial charge in [0.25, 0.3) is 0 Å². The third-order valence-electron chi connectivity index (χ3n) is 6.48. The molecule has 2 heterocycles.